The van der Waals surface area contributed by atoms with Crippen molar-refractivity contribution in [2.75, 3.05) is 0 Å². The monoisotopic (exact) mass is 470 g/mol. The zero-order valence-corrected chi connectivity index (χ0v) is 17.6. The van der Waals surface area contributed by atoms with E-state index >= 15 is 0 Å². The molecule has 1 aromatic rings. The average Bonchev–Trinajstić information content (AvgIpc) is 3.22. The van der Waals surface area contributed by atoms with Gasteiger partial charge in [-0.15, -0.1) is 0 Å². The summed E-state index contributed by atoms with van der Waals surface area (Å²) in [6, 6.07) is -5.53. The summed E-state index contributed by atoms with van der Waals surface area (Å²) in [6.07, 6.45) is 0.740. The van der Waals surface area contributed by atoms with Crippen molar-refractivity contribution in [2.24, 2.45) is 5.73 Å². The predicted molar refractivity (Wildman–Crippen MR) is 108 cm³/mol. The van der Waals surface area contributed by atoms with Gasteiger partial charge in [-0.1, -0.05) is 0 Å². The topological polar surface area (TPSA) is 254 Å². The minimum atomic E-state index is -1.81. The number of hydrogen-bond acceptors (Lipinski definition) is 8. The first kappa shape index (κ1) is 27.0. The highest BCUT2D eigenvalue weighted by molar-refractivity contribution is 5.94. The van der Waals surface area contributed by atoms with E-state index < -0.39 is 79.1 Å². The standard InChI is InChI=1S/C18H26N6O9/c1-8(19)15(29)23-11(4-9-6-20-7-21-9)17(31)22-10(2-3-13(25)26)16(30)24-12(18(32)33)5-14(27)28/h6-8,10-12H,2-5,19H2,1H3,(H,20,21)(H,22,31)(H,23,29)(H,24,30)(H,25,26)(H,27,28)(H,32,33). The highest BCUT2D eigenvalue weighted by Crippen LogP contribution is 2.05. The van der Waals surface area contributed by atoms with Gasteiger partial charge in [-0.3, -0.25) is 24.0 Å². The molecular weight excluding hydrogens is 444 g/mol. The molecule has 1 rings (SSSR count). The number of aromatic nitrogens is 2. The quantitative estimate of drug-likeness (QED) is 0.137. The molecular formula is C18H26N6O9. The average molecular weight is 470 g/mol. The van der Waals surface area contributed by atoms with E-state index in [9.17, 15) is 28.8 Å². The van der Waals surface area contributed by atoms with Gasteiger partial charge in [0.25, 0.3) is 0 Å². The Labute approximate surface area is 187 Å². The Bertz CT molecular complexity index is 871. The van der Waals surface area contributed by atoms with Crippen LogP contribution in [0.2, 0.25) is 0 Å². The van der Waals surface area contributed by atoms with Gasteiger partial charge >= 0.3 is 17.9 Å². The van der Waals surface area contributed by atoms with Crippen LogP contribution in [-0.4, -0.2) is 85.1 Å². The number of nitrogens with two attached hydrogens (primary N) is 1. The molecule has 9 N–H and O–H groups in total. The van der Waals surface area contributed by atoms with Crippen LogP contribution >= 0.6 is 0 Å². The first-order chi connectivity index (χ1) is 15.4. The Kier molecular flexibility index (Phi) is 10.4. The van der Waals surface area contributed by atoms with Crippen LogP contribution in [0, 0.1) is 0 Å². The van der Waals surface area contributed by atoms with E-state index in [-0.39, 0.29) is 6.42 Å². The molecule has 3 amide bonds. The molecule has 0 aromatic carbocycles. The number of carbonyl (C=O) groups excluding carboxylic acids is 3. The van der Waals surface area contributed by atoms with Crippen molar-refractivity contribution in [3.05, 3.63) is 18.2 Å². The molecule has 4 atom stereocenters. The van der Waals surface area contributed by atoms with Crippen LogP contribution in [0.15, 0.2) is 12.5 Å². The molecule has 15 heteroatoms. The second kappa shape index (κ2) is 12.7. The van der Waals surface area contributed by atoms with Crippen molar-refractivity contribution in [2.45, 2.75) is 56.8 Å². The molecule has 0 aliphatic rings. The van der Waals surface area contributed by atoms with Gasteiger partial charge in [-0.05, 0) is 13.3 Å². The van der Waals surface area contributed by atoms with E-state index in [2.05, 4.69) is 20.6 Å². The van der Waals surface area contributed by atoms with E-state index in [1.807, 2.05) is 5.32 Å². The molecule has 0 spiro atoms. The summed E-state index contributed by atoms with van der Waals surface area (Å²) in [5.41, 5.74) is 5.97. The SMILES string of the molecule is CC(N)C(=O)NC(Cc1cnc[nH]1)C(=O)NC(CCC(=O)O)C(=O)NC(CC(=O)O)C(=O)O. The largest absolute Gasteiger partial charge is 0.481 e. The van der Waals surface area contributed by atoms with Gasteiger partial charge in [0.05, 0.1) is 18.8 Å². The Morgan fingerprint density at radius 3 is 2.00 bits per heavy atom. The van der Waals surface area contributed by atoms with Gasteiger partial charge in [0.15, 0.2) is 0 Å². The van der Waals surface area contributed by atoms with Crippen molar-refractivity contribution >= 4 is 35.6 Å². The van der Waals surface area contributed by atoms with Crippen LogP contribution in [-0.2, 0) is 35.2 Å². The van der Waals surface area contributed by atoms with Crippen LogP contribution in [0.25, 0.3) is 0 Å². The van der Waals surface area contributed by atoms with Gasteiger partial charge in [-0.2, -0.15) is 0 Å². The minimum absolute atomic E-state index is 0.0751. The second-order valence-electron chi connectivity index (χ2n) is 7.12. The van der Waals surface area contributed by atoms with E-state index in [1.54, 1.807) is 0 Å². The maximum Gasteiger partial charge on any atom is 0.326 e. The fourth-order valence-corrected chi connectivity index (χ4v) is 2.58. The molecule has 1 aromatic heterocycles. The third kappa shape index (κ3) is 9.77. The number of hydrogen-bond donors (Lipinski definition) is 8. The number of H-pyrrole nitrogens is 1. The maximum absolute atomic E-state index is 12.8. The van der Waals surface area contributed by atoms with Crippen LogP contribution in [0.5, 0.6) is 0 Å². The lowest BCUT2D eigenvalue weighted by molar-refractivity contribution is -0.147. The van der Waals surface area contributed by atoms with E-state index in [0.717, 1.165) is 0 Å². The van der Waals surface area contributed by atoms with Crippen molar-refractivity contribution in [3.63, 3.8) is 0 Å². The van der Waals surface area contributed by atoms with Crippen LogP contribution in [0.1, 0.15) is 31.9 Å². The summed E-state index contributed by atoms with van der Waals surface area (Å²) in [5.74, 6) is -7.07. The summed E-state index contributed by atoms with van der Waals surface area (Å²) in [4.78, 5) is 77.0. The van der Waals surface area contributed by atoms with Crippen molar-refractivity contribution in [1.29, 1.82) is 0 Å². The molecule has 0 saturated heterocycles. The summed E-state index contributed by atoms with van der Waals surface area (Å²) in [6.45, 7) is 1.39. The number of nitrogens with one attached hydrogen (secondary N) is 4. The molecule has 0 saturated carbocycles. The fourth-order valence-electron chi connectivity index (χ4n) is 2.58. The molecule has 1 heterocycles. The molecule has 15 nitrogen and oxygen atoms in total. The zero-order chi connectivity index (χ0) is 25.1. The lowest BCUT2D eigenvalue weighted by Crippen LogP contribution is -2.57. The number of carboxylic acids is 3. The van der Waals surface area contributed by atoms with Crippen LogP contribution in [0.3, 0.4) is 0 Å². The first-order valence-corrected chi connectivity index (χ1v) is 9.71. The molecule has 182 valence electrons. The van der Waals surface area contributed by atoms with Crippen molar-refractivity contribution in [1.82, 2.24) is 25.9 Å². The maximum atomic E-state index is 12.8. The number of carboxylic acid groups (broad SMARTS) is 3. The van der Waals surface area contributed by atoms with E-state index in [4.69, 9.17) is 21.1 Å². The second-order valence-corrected chi connectivity index (χ2v) is 7.12. The van der Waals surface area contributed by atoms with Gasteiger partial charge in [-0.25, -0.2) is 9.78 Å². The lowest BCUT2D eigenvalue weighted by atomic mass is 10.1. The number of nitrogens with zero attached hydrogens (tertiary/aromatic N) is 1. The summed E-state index contributed by atoms with van der Waals surface area (Å²) in [7, 11) is 0. The highest BCUT2D eigenvalue weighted by Gasteiger charge is 2.31. The highest BCUT2D eigenvalue weighted by atomic mass is 16.4. The Hall–Kier alpha value is -4.01. The van der Waals surface area contributed by atoms with Gasteiger partial charge in [0, 0.05) is 24.7 Å². The van der Waals surface area contributed by atoms with Gasteiger partial charge in [0.2, 0.25) is 17.7 Å². The number of rotatable bonds is 14. The zero-order valence-electron chi connectivity index (χ0n) is 17.6. The third-order valence-corrected chi connectivity index (χ3v) is 4.30. The van der Waals surface area contributed by atoms with Gasteiger partial charge < -0.3 is 42.0 Å². The summed E-state index contributed by atoms with van der Waals surface area (Å²) in [5, 5.41) is 33.5. The van der Waals surface area contributed by atoms with E-state index in [1.165, 1.54) is 19.4 Å². The Balaban J connectivity index is 3.05. The fraction of sp³-hybridized carbons (Fsp3) is 0.500. The third-order valence-electron chi connectivity index (χ3n) is 4.30. The molecule has 0 aliphatic carbocycles. The molecule has 0 bridgehead atoms. The lowest BCUT2D eigenvalue weighted by Gasteiger charge is -2.24. The Morgan fingerprint density at radius 2 is 1.52 bits per heavy atom. The number of aliphatic carboxylic acids is 3. The number of carbonyl (C=O) groups is 6. The molecule has 0 radical (unpaired) electrons. The summed E-state index contributed by atoms with van der Waals surface area (Å²) < 4.78 is 0. The minimum Gasteiger partial charge on any atom is -0.481 e. The first-order valence-electron chi connectivity index (χ1n) is 9.71. The smallest absolute Gasteiger partial charge is 0.326 e. The number of amides is 3. The predicted octanol–water partition coefficient (Wildman–Crippen LogP) is -2.82. The molecule has 4 unspecified atom stereocenters. The van der Waals surface area contributed by atoms with Crippen LogP contribution < -0.4 is 21.7 Å². The normalized spacial score (nSPS) is 14.2. The number of imidazole rings is 1. The summed E-state index contributed by atoms with van der Waals surface area (Å²) >= 11 is 0. The van der Waals surface area contributed by atoms with Crippen molar-refractivity contribution in [3.8, 4) is 0 Å². The molecule has 33 heavy (non-hydrogen) atoms. The number of aromatic amines is 1. The molecule has 0 fully saturated rings. The van der Waals surface area contributed by atoms with Gasteiger partial charge in [0.1, 0.15) is 18.1 Å². The van der Waals surface area contributed by atoms with Crippen LogP contribution in [0.4, 0.5) is 0 Å². The van der Waals surface area contributed by atoms with Crippen molar-refractivity contribution < 1.29 is 44.1 Å². The van der Waals surface area contributed by atoms with E-state index in [0.29, 0.717) is 5.69 Å². The Morgan fingerprint density at radius 1 is 0.939 bits per heavy atom. The molecule has 0 aliphatic heterocycles.